The molecule has 0 aliphatic rings. The summed E-state index contributed by atoms with van der Waals surface area (Å²) in [6, 6.07) is 0. The van der Waals surface area contributed by atoms with Crippen molar-refractivity contribution in [3.05, 3.63) is 15.6 Å². The van der Waals surface area contributed by atoms with Gasteiger partial charge in [0.05, 0.1) is 10.6 Å². The minimum atomic E-state index is -0.923. The molecule has 0 saturated carbocycles. The van der Waals surface area contributed by atoms with Crippen LogP contribution in [0.15, 0.2) is 0 Å². The number of nitrogens with two attached hydrogens (primary N) is 1. The monoisotopic (exact) mass is 174 g/mol. The molecule has 0 fully saturated rings. The Morgan fingerprint density at radius 2 is 2.36 bits per heavy atom. The molecule has 0 radical (unpaired) electrons. The Hall–Kier alpha value is -0.480. The number of aryl methyl sites for hydroxylation is 1. The van der Waals surface area contributed by atoms with Crippen LogP contribution in [0, 0.1) is 6.92 Å². The third-order valence-corrected chi connectivity index (χ3v) is 2.75. The Labute approximate surface area is 69.3 Å². The van der Waals surface area contributed by atoms with Crippen LogP contribution >= 0.6 is 11.3 Å². The van der Waals surface area contributed by atoms with Crippen LogP contribution < -0.4 is 5.73 Å². The van der Waals surface area contributed by atoms with Crippen molar-refractivity contribution in [3.8, 4) is 0 Å². The zero-order valence-corrected chi connectivity index (χ0v) is 7.41. The van der Waals surface area contributed by atoms with Crippen LogP contribution in [0.1, 0.15) is 28.7 Å². The van der Waals surface area contributed by atoms with Crippen molar-refractivity contribution in [2.75, 3.05) is 0 Å². The first-order chi connectivity index (χ1) is 5.15. The van der Waals surface area contributed by atoms with Gasteiger partial charge in [-0.15, -0.1) is 11.3 Å². The summed E-state index contributed by atoms with van der Waals surface area (Å²) in [7, 11) is 0. The molecule has 0 aliphatic carbocycles. The normalized spacial score (nSPS) is 13.5. The van der Waals surface area contributed by atoms with Crippen LogP contribution in [-0.2, 0) is 6.54 Å². The van der Waals surface area contributed by atoms with Gasteiger partial charge >= 0.3 is 0 Å². The van der Waals surface area contributed by atoms with Crippen LogP contribution in [0.25, 0.3) is 0 Å². The molecule has 0 spiro atoms. The van der Waals surface area contributed by atoms with E-state index in [1.54, 1.807) is 6.92 Å². The van der Waals surface area contributed by atoms with E-state index in [9.17, 15) is 4.39 Å². The molecule has 11 heavy (non-hydrogen) atoms. The van der Waals surface area contributed by atoms with Gasteiger partial charge in [0.1, 0.15) is 11.2 Å². The van der Waals surface area contributed by atoms with E-state index in [-0.39, 0.29) is 0 Å². The van der Waals surface area contributed by atoms with E-state index >= 15 is 0 Å². The fourth-order valence-electron chi connectivity index (χ4n) is 0.922. The molecule has 0 bridgehead atoms. The lowest BCUT2D eigenvalue weighted by Crippen LogP contribution is -1.94. The molecule has 62 valence electrons. The van der Waals surface area contributed by atoms with Gasteiger partial charge in [0.2, 0.25) is 0 Å². The Kier molecular flexibility index (Phi) is 2.57. The third-order valence-electron chi connectivity index (χ3n) is 1.41. The Morgan fingerprint density at radius 3 is 2.64 bits per heavy atom. The van der Waals surface area contributed by atoms with Gasteiger partial charge in [-0.2, -0.15) is 0 Å². The molecule has 0 aromatic carbocycles. The van der Waals surface area contributed by atoms with E-state index in [0.29, 0.717) is 11.4 Å². The molecule has 2 nitrogen and oxygen atoms in total. The number of thiazole rings is 1. The Balaban J connectivity index is 2.97. The summed E-state index contributed by atoms with van der Waals surface area (Å²) in [4.78, 5) is 4.80. The number of halogens is 1. The molecule has 1 heterocycles. The van der Waals surface area contributed by atoms with Gasteiger partial charge in [0, 0.05) is 6.54 Å². The first kappa shape index (κ1) is 8.62. The quantitative estimate of drug-likeness (QED) is 0.744. The summed E-state index contributed by atoms with van der Waals surface area (Å²) < 4.78 is 12.8. The van der Waals surface area contributed by atoms with E-state index in [1.807, 2.05) is 0 Å². The molecule has 1 aromatic rings. The minimum absolute atomic E-state index is 0.401. The highest BCUT2D eigenvalue weighted by Crippen LogP contribution is 2.26. The summed E-state index contributed by atoms with van der Waals surface area (Å²) in [6.45, 7) is 3.72. The molecule has 2 N–H and O–H groups in total. The van der Waals surface area contributed by atoms with Gasteiger partial charge in [-0.1, -0.05) is 0 Å². The van der Waals surface area contributed by atoms with Crippen molar-refractivity contribution in [1.29, 1.82) is 0 Å². The SMILES string of the molecule is Cc1nc(CN)sc1C(C)F. The number of alkyl halides is 1. The average molecular weight is 174 g/mol. The van der Waals surface area contributed by atoms with Crippen molar-refractivity contribution < 1.29 is 4.39 Å². The van der Waals surface area contributed by atoms with E-state index in [4.69, 9.17) is 5.73 Å². The van der Waals surface area contributed by atoms with Gasteiger partial charge in [0.15, 0.2) is 0 Å². The first-order valence-corrected chi connectivity index (χ1v) is 4.27. The second-order valence-corrected chi connectivity index (χ2v) is 3.49. The van der Waals surface area contributed by atoms with Crippen molar-refractivity contribution >= 4 is 11.3 Å². The summed E-state index contributed by atoms with van der Waals surface area (Å²) >= 11 is 1.36. The molecule has 4 heteroatoms. The number of aromatic nitrogens is 1. The average Bonchev–Trinajstić information content (AvgIpc) is 2.30. The van der Waals surface area contributed by atoms with Crippen molar-refractivity contribution in [1.82, 2.24) is 4.98 Å². The van der Waals surface area contributed by atoms with E-state index in [1.165, 1.54) is 18.3 Å². The summed E-state index contributed by atoms with van der Waals surface area (Å²) in [5.74, 6) is 0. The van der Waals surface area contributed by atoms with Gasteiger partial charge in [-0.3, -0.25) is 0 Å². The number of rotatable bonds is 2. The lowest BCUT2D eigenvalue weighted by atomic mass is 10.3. The molecule has 1 aromatic heterocycles. The molecule has 0 aliphatic heterocycles. The van der Waals surface area contributed by atoms with E-state index < -0.39 is 6.17 Å². The zero-order chi connectivity index (χ0) is 8.43. The summed E-state index contributed by atoms with van der Waals surface area (Å²) in [6.07, 6.45) is -0.923. The van der Waals surface area contributed by atoms with Gasteiger partial charge in [0.25, 0.3) is 0 Å². The standard InChI is InChI=1S/C7H11FN2S/c1-4(8)7-5(2)10-6(3-9)11-7/h4H,3,9H2,1-2H3. The molecule has 1 rings (SSSR count). The largest absolute Gasteiger partial charge is 0.325 e. The smallest absolute Gasteiger partial charge is 0.133 e. The highest BCUT2D eigenvalue weighted by Gasteiger charge is 2.11. The van der Waals surface area contributed by atoms with Crippen LogP contribution in [0.3, 0.4) is 0 Å². The van der Waals surface area contributed by atoms with Crippen LogP contribution in [0.2, 0.25) is 0 Å². The Bertz CT molecular complexity index is 245. The topological polar surface area (TPSA) is 38.9 Å². The van der Waals surface area contributed by atoms with Crippen LogP contribution in [0.4, 0.5) is 4.39 Å². The number of nitrogens with zero attached hydrogens (tertiary/aromatic N) is 1. The highest BCUT2D eigenvalue weighted by atomic mass is 32.1. The van der Waals surface area contributed by atoms with Crippen molar-refractivity contribution in [2.45, 2.75) is 26.6 Å². The Morgan fingerprint density at radius 1 is 1.73 bits per heavy atom. The zero-order valence-electron chi connectivity index (χ0n) is 6.60. The second kappa shape index (κ2) is 3.28. The molecule has 1 atom stereocenters. The fraction of sp³-hybridized carbons (Fsp3) is 0.571. The van der Waals surface area contributed by atoms with Crippen LogP contribution in [-0.4, -0.2) is 4.98 Å². The lowest BCUT2D eigenvalue weighted by Gasteiger charge is -1.95. The van der Waals surface area contributed by atoms with Crippen LogP contribution in [0.5, 0.6) is 0 Å². The second-order valence-electron chi connectivity index (χ2n) is 2.38. The molecular formula is C7H11FN2S. The highest BCUT2D eigenvalue weighted by molar-refractivity contribution is 7.11. The molecular weight excluding hydrogens is 163 g/mol. The molecule has 0 amide bonds. The minimum Gasteiger partial charge on any atom is -0.325 e. The maximum absolute atomic E-state index is 12.8. The third kappa shape index (κ3) is 1.75. The summed E-state index contributed by atoms with van der Waals surface area (Å²) in [5.41, 5.74) is 6.13. The number of hydrogen-bond donors (Lipinski definition) is 1. The lowest BCUT2D eigenvalue weighted by molar-refractivity contribution is 0.378. The van der Waals surface area contributed by atoms with Gasteiger partial charge < -0.3 is 5.73 Å². The summed E-state index contributed by atoms with van der Waals surface area (Å²) in [5, 5.41) is 0.807. The van der Waals surface area contributed by atoms with Gasteiger partial charge in [-0.25, -0.2) is 9.37 Å². The maximum Gasteiger partial charge on any atom is 0.133 e. The van der Waals surface area contributed by atoms with Crippen molar-refractivity contribution in [2.24, 2.45) is 5.73 Å². The predicted octanol–water partition coefficient (Wildman–Crippen LogP) is 1.94. The van der Waals surface area contributed by atoms with Crippen molar-refractivity contribution in [3.63, 3.8) is 0 Å². The predicted molar refractivity (Wildman–Crippen MR) is 44.3 cm³/mol. The van der Waals surface area contributed by atoms with E-state index in [2.05, 4.69) is 4.98 Å². The fourth-order valence-corrected chi connectivity index (χ4v) is 1.80. The van der Waals surface area contributed by atoms with E-state index in [0.717, 1.165) is 10.7 Å². The maximum atomic E-state index is 12.8. The van der Waals surface area contributed by atoms with Gasteiger partial charge in [-0.05, 0) is 13.8 Å². The molecule has 0 saturated heterocycles. The number of hydrogen-bond acceptors (Lipinski definition) is 3. The molecule has 1 unspecified atom stereocenters. The first-order valence-electron chi connectivity index (χ1n) is 3.45.